The van der Waals surface area contributed by atoms with Gasteiger partial charge in [0.05, 0.1) is 35.8 Å². The maximum Gasteiger partial charge on any atom is 0.277 e. The van der Waals surface area contributed by atoms with Crippen molar-refractivity contribution in [2.45, 2.75) is 26.9 Å². The van der Waals surface area contributed by atoms with E-state index in [9.17, 15) is 9.59 Å². The SMILES string of the molecule is CC#Cc1ccc(N=C2C(=O)N(Cc3ccc(CN4C(=O)C(=Nc5ccc(C#CC)cc5)c5ccccc54)cc3)c3ccccc32)cc1. The second kappa shape index (κ2) is 13.1. The highest BCUT2D eigenvalue weighted by atomic mass is 16.2. The van der Waals surface area contributed by atoms with Crippen molar-refractivity contribution in [2.75, 3.05) is 9.80 Å². The van der Waals surface area contributed by atoms with Crippen molar-refractivity contribution in [1.29, 1.82) is 0 Å². The van der Waals surface area contributed by atoms with Gasteiger partial charge in [-0.15, -0.1) is 11.8 Å². The normalized spacial score (nSPS) is 14.8. The molecule has 7 rings (SSSR count). The lowest BCUT2D eigenvalue weighted by Gasteiger charge is -2.19. The van der Waals surface area contributed by atoms with Crippen LogP contribution in [0.2, 0.25) is 0 Å². The molecular formula is C42H30N4O2. The van der Waals surface area contributed by atoms with Gasteiger partial charge in [0.25, 0.3) is 11.8 Å². The molecule has 0 aliphatic carbocycles. The summed E-state index contributed by atoms with van der Waals surface area (Å²) in [7, 11) is 0. The zero-order valence-corrected chi connectivity index (χ0v) is 26.6. The molecule has 0 bridgehead atoms. The number of aliphatic imine (C=N–C) groups is 2. The second-order valence-corrected chi connectivity index (χ2v) is 11.4. The molecule has 2 heterocycles. The first kappa shape index (κ1) is 30.2. The molecule has 0 saturated carbocycles. The summed E-state index contributed by atoms with van der Waals surface area (Å²) in [5.74, 6) is 11.6. The van der Waals surface area contributed by atoms with Gasteiger partial charge in [-0.1, -0.05) is 72.5 Å². The largest absolute Gasteiger partial charge is 0.302 e. The summed E-state index contributed by atoms with van der Waals surface area (Å²) in [6.45, 7) is 4.39. The number of carbonyl (C=O) groups excluding carboxylic acids is 2. The lowest BCUT2D eigenvalue weighted by molar-refractivity contribution is -0.113. The van der Waals surface area contributed by atoms with Crippen molar-refractivity contribution in [3.8, 4) is 23.7 Å². The van der Waals surface area contributed by atoms with E-state index in [1.165, 1.54) is 0 Å². The summed E-state index contributed by atoms with van der Waals surface area (Å²) in [4.78, 5) is 40.4. The number of carbonyl (C=O) groups is 2. The van der Waals surface area contributed by atoms with Gasteiger partial charge >= 0.3 is 0 Å². The number of rotatable bonds is 6. The van der Waals surface area contributed by atoms with E-state index in [2.05, 4.69) is 23.7 Å². The molecule has 2 amide bonds. The molecule has 0 aromatic heterocycles. The molecule has 2 aliphatic rings. The Labute approximate surface area is 280 Å². The van der Waals surface area contributed by atoms with Crippen molar-refractivity contribution >= 4 is 46.0 Å². The van der Waals surface area contributed by atoms with Crippen LogP contribution in [0.25, 0.3) is 0 Å². The van der Waals surface area contributed by atoms with Crippen molar-refractivity contribution < 1.29 is 9.59 Å². The lowest BCUT2D eigenvalue weighted by atomic mass is 10.1. The number of nitrogens with zero attached hydrogens (tertiary/aromatic N) is 4. The molecule has 230 valence electrons. The van der Waals surface area contributed by atoms with Crippen LogP contribution in [0, 0.1) is 23.7 Å². The predicted octanol–water partition coefficient (Wildman–Crippen LogP) is 7.76. The van der Waals surface area contributed by atoms with E-state index in [1.807, 2.05) is 121 Å². The molecule has 0 radical (unpaired) electrons. The molecule has 0 N–H and O–H groups in total. The Balaban J connectivity index is 1.09. The first-order valence-electron chi connectivity index (χ1n) is 15.7. The Morgan fingerprint density at radius 1 is 0.500 bits per heavy atom. The smallest absolute Gasteiger partial charge is 0.277 e. The maximum atomic E-state index is 13.7. The molecule has 0 fully saturated rings. The van der Waals surface area contributed by atoms with Crippen molar-refractivity contribution in [2.24, 2.45) is 9.98 Å². The van der Waals surface area contributed by atoms with Crippen molar-refractivity contribution in [1.82, 2.24) is 0 Å². The van der Waals surface area contributed by atoms with Gasteiger partial charge in [-0.3, -0.25) is 9.59 Å². The van der Waals surface area contributed by atoms with Crippen LogP contribution < -0.4 is 9.80 Å². The molecule has 0 saturated heterocycles. The summed E-state index contributed by atoms with van der Waals surface area (Å²) >= 11 is 0. The first-order valence-corrected chi connectivity index (χ1v) is 15.7. The van der Waals surface area contributed by atoms with Crippen molar-refractivity contribution in [3.05, 3.63) is 155 Å². The fourth-order valence-electron chi connectivity index (χ4n) is 5.95. The maximum absolute atomic E-state index is 13.7. The fourth-order valence-corrected chi connectivity index (χ4v) is 5.95. The van der Waals surface area contributed by atoms with Gasteiger partial charge < -0.3 is 9.80 Å². The summed E-state index contributed by atoms with van der Waals surface area (Å²) in [6.07, 6.45) is 0. The van der Waals surface area contributed by atoms with E-state index < -0.39 is 0 Å². The average Bonchev–Trinajstić information content (AvgIpc) is 3.52. The van der Waals surface area contributed by atoms with Crippen LogP contribution in [0.15, 0.2) is 131 Å². The van der Waals surface area contributed by atoms with Gasteiger partial charge in [-0.25, -0.2) is 9.98 Å². The van der Waals surface area contributed by atoms with Crippen LogP contribution >= 0.6 is 0 Å². The number of amides is 2. The minimum Gasteiger partial charge on any atom is -0.302 e. The van der Waals surface area contributed by atoms with Crippen LogP contribution in [-0.4, -0.2) is 23.2 Å². The number of anilines is 2. The molecule has 0 unspecified atom stereocenters. The van der Waals surface area contributed by atoms with E-state index in [4.69, 9.17) is 9.98 Å². The Bertz CT molecular complexity index is 2080. The molecule has 0 spiro atoms. The Morgan fingerprint density at radius 3 is 1.25 bits per heavy atom. The second-order valence-electron chi connectivity index (χ2n) is 11.4. The third kappa shape index (κ3) is 5.91. The van der Waals surface area contributed by atoms with Crippen LogP contribution in [0.4, 0.5) is 22.7 Å². The molecular weight excluding hydrogens is 592 g/mol. The molecule has 2 aliphatic heterocycles. The van der Waals surface area contributed by atoms with Gasteiger partial charge in [0.1, 0.15) is 11.4 Å². The molecule has 6 nitrogen and oxygen atoms in total. The minimum absolute atomic E-state index is 0.142. The summed E-state index contributed by atoms with van der Waals surface area (Å²) in [6, 6.07) is 38.7. The number of hydrogen-bond acceptors (Lipinski definition) is 4. The molecule has 5 aromatic rings. The Morgan fingerprint density at radius 2 is 0.875 bits per heavy atom. The van der Waals surface area contributed by atoms with Gasteiger partial charge in [-0.2, -0.15) is 0 Å². The average molecular weight is 623 g/mol. The van der Waals surface area contributed by atoms with Crippen LogP contribution in [0.5, 0.6) is 0 Å². The summed E-state index contributed by atoms with van der Waals surface area (Å²) < 4.78 is 0. The summed E-state index contributed by atoms with van der Waals surface area (Å²) in [5.41, 5.74) is 9.28. The Hall–Kier alpha value is -6.50. The zero-order valence-electron chi connectivity index (χ0n) is 26.6. The van der Waals surface area contributed by atoms with E-state index in [1.54, 1.807) is 23.6 Å². The molecule has 0 atom stereocenters. The van der Waals surface area contributed by atoms with Crippen LogP contribution in [-0.2, 0) is 22.7 Å². The minimum atomic E-state index is -0.142. The first-order chi connectivity index (χ1) is 23.5. The topological polar surface area (TPSA) is 65.3 Å². The van der Waals surface area contributed by atoms with E-state index in [0.29, 0.717) is 35.9 Å². The number of benzene rings is 5. The van der Waals surface area contributed by atoms with Crippen LogP contribution in [0.3, 0.4) is 0 Å². The van der Waals surface area contributed by atoms with E-state index in [-0.39, 0.29) is 11.8 Å². The number of fused-ring (bicyclic) bond motifs is 2. The van der Waals surface area contributed by atoms with E-state index >= 15 is 0 Å². The molecule has 6 heteroatoms. The standard InChI is InChI=1S/C42H30N4O2/c1-3-9-29-19-23-33(24-20-29)43-39-35-11-5-7-13-37(35)45(41(39)47)27-31-15-17-32(18-16-31)28-46-38-14-8-6-12-36(38)40(42(46)48)44-34-25-21-30(10-4-2)22-26-34/h5-8,11-26H,27-28H2,1-2H3. The third-order valence-corrected chi connectivity index (χ3v) is 8.25. The van der Waals surface area contributed by atoms with Crippen molar-refractivity contribution in [3.63, 3.8) is 0 Å². The molecule has 5 aromatic carbocycles. The van der Waals surface area contributed by atoms with Gasteiger partial charge in [-0.05, 0) is 85.6 Å². The monoisotopic (exact) mass is 622 g/mol. The highest BCUT2D eigenvalue weighted by molar-refractivity contribution is 6.55. The number of hydrogen-bond donors (Lipinski definition) is 0. The van der Waals surface area contributed by atoms with E-state index in [0.717, 1.165) is 44.8 Å². The summed E-state index contributed by atoms with van der Waals surface area (Å²) in [5, 5.41) is 0. The molecule has 48 heavy (non-hydrogen) atoms. The quantitative estimate of drug-likeness (QED) is 0.182. The fraction of sp³-hybridized carbons (Fsp3) is 0.0952. The highest BCUT2D eigenvalue weighted by Gasteiger charge is 2.35. The highest BCUT2D eigenvalue weighted by Crippen LogP contribution is 2.34. The van der Waals surface area contributed by atoms with Crippen LogP contribution in [0.1, 0.15) is 47.2 Å². The van der Waals surface area contributed by atoms with Gasteiger partial charge in [0.15, 0.2) is 0 Å². The zero-order chi connectivity index (χ0) is 33.0. The number of para-hydroxylation sites is 2. The predicted molar refractivity (Wildman–Crippen MR) is 192 cm³/mol. The van der Waals surface area contributed by atoms with Gasteiger partial charge in [0, 0.05) is 22.3 Å². The third-order valence-electron chi connectivity index (χ3n) is 8.25. The van der Waals surface area contributed by atoms with Gasteiger partial charge in [0.2, 0.25) is 0 Å². The Kier molecular flexibility index (Phi) is 8.22. The lowest BCUT2D eigenvalue weighted by Crippen LogP contribution is -2.30.